The minimum atomic E-state index is 0.383. The van der Waals surface area contributed by atoms with E-state index < -0.39 is 0 Å². The van der Waals surface area contributed by atoms with Crippen molar-refractivity contribution in [3.05, 3.63) is 41.0 Å². The number of nitrogens with one attached hydrogen (secondary N) is 1. The number of hydrogen-bond acceptors (Lipinski definition) is 3. The lowest BCUT2D eigenvalue weighted by molar-refractivity contribution is 0.676. The fraction of sp³-hybridized carbons (Fsp3) is 0.400. The Morgan fingerprint density at radius 2 is 2.00 bits per heavy atom. The summed E-state index contributed by atoms with van der Waals surface area (Å²) in [4.78, 5) is 4.79. The summed E-state index contributed by atoms with van der Waals surface area (Å²) in [6.45, 7) is 4.40. The molecular formula is C20H22N4. The molecule has 0 fully saturated rings. The lowest BCUT2D eigenvalue weighted by atomic mass is 9.89. The molecular weight excluding hydrogens is 296 g/mol. The Kier molecular flexibility index (Phi) is 3.65. The molecule has 0 radical (unpaired) electrons. The van der Waals surface area contributed by atoms with Crippen LogP contribution < -0.4 is 5.32 Å². The molecule has 2 heterocycles. The van der Waals surface area contributed by atoms with Crippen molar-refractivity contribution in [3.8, 4) is 6.07 Å². The molecule has 0 aliphatic heterocycles. The van der Waals surface area contributed by atoms with Crippen LogP contribution in [-0.2, 0) is 12.8 Å². The van der Waals surface area contributed by atoms with Crippen molar-refractivity contribution in [2.75, 3.05) is 5.32 Å². The van der Waals surface area contributed by atoms with Gasteiger partial charge in [-0.05, 0) is 62.3 Å². The molecule has 1 aromatic carbocycles. The summed E-state index contributed by atoms with van der Waals surface area (Å²) in [5.74, 6) is 1.14. The first-order valence-corrected chi connectivity index (χ1v) is 8.86. The van der Waals surface area contributed by atoms with E-state index in [2.05, 4.69) is 35.7 Å². The lowest BCUT2D eigenvalue weighted by Gasteiger charge is -2.25. The number of anilines is 1. The van der Waals surface area contributed by atoms with Gasteiger partial charge in [0.25, 0.3) is 0 Å². The van der Waals surface area contributed by atoms with E-state index in [0.29, 0.717) is 6.04 Å². The summed E-state index contributed by atoms with van der Waals surface area (Å²) in [5, 5.41) is 13.5. The highest BCUT2D eigenvalue weighted by Gasteiger charge is 2.24. The first-order valence-electron chi connectivity index (χ1n) is 8.86. The van der Waals surface area contributed by atoms with E-state index in [9.17, 15) is 5.26 Å². The van der Waals surface area contributed by atoms with Crippen molar-refractivity contribution in [1.82, 2.24) is 9.38 Å². The van der Waals surface area contributed by atoms with Gasteiger partial charge in [-0.3, -0.25) is 4.40 Å². The van der Waals surface area contributed by atoms with Crippen LogP contribution in [0.5, 0.6) is 0 Å². The molecule has 0 spiro atoms. The van der Waals surface area contributed by atoms with Crippen molar-refractivity contribution in [1.29, 1.82) is 5.26 Å². The molecule has 24 heavy (non-hydrogen) atoms. The number of aromatic nitrogens is 2. The fourth-order valence-electron chi connectivity index (χ4n) is 3.74. The van der Waals surface area contributed by atoms with Crippen molar-refractivity contribution >= 4 is 22.5 Å². The molecule has 0 saturated heterocycles. The van der Waals surface area contributed by atoms with Gasteiger partial charge < -0.3 is 5.32 Å². The van der Waals surface area contributed by atoms with E-state index in [0.717, 1.165) is 53.7 Å². The van der Waals surface area contributed by atoms with Gasteiger partial charge in [0.05, 0.1) is 16.6 Å². The normalized spacial score (nSPS) is 15.2. The quantitative estimate of drug-likeness (QED) is 0.776. The van der Waals surface area contributed by atoms with Gasteiger partial charge in [0.15, 0.2) is 5.65 Å². The third kappa shape index (κ3) is 2.16. The average molecular weight is 318 g/mol. The summed E-state index contributed by atoms with van der Waals surface area (Å²) in [6.07, 6.45) is 5.41. The van der Waals surface area contributed by atoms with Crippen LogP contribution in [0.1, 0.15) is 49.8 Å². The molecule has 1 aliphatic rings. The third-order valence-electron chi connectivity index (χ3n) is 5.17. The van der Waals surface area contributed by atoms with Crippen molar-refractivity contribution in [2.45, 2.75) is 52.0 Å². The van der Waals surface area contributed by atoms with Gasteiger partial charge in [-0.1, -0.05) is 19.1 Å². The smallest absolute Gasteiger partial charge is 0.157 e. The SMILES string of the molecule is CC[C@H](C)Nc1c2c(c(C#N)c3nc4ccccc4n13)CCCC2. The molecule has 4 rings (SSSR count). The Morgan fingerprint density at radius 1 is 1.25 bits per heavy atom. The summed E-state index contributed by atoms with van der Waals surface area (Å²) in [5.41, 5.74) is 6.10. The molecule has 4 heteroatoms. The fourth-order valence-corrected chi connectivity index (χ4v) is 3.74. The maximum absolute atomic E-state index is 9.81. The summed E-state index contributed by atoms with van der Waals surface area (Å²) >= 11 is 0. The van der Waals surface area contributed by atoms with Crippen LogP contribution in [0.3, 0.4) is 0 Å². The van der Waals surface area contributed by atoms with Crippen LogP contribution in [0.4, 0.5) is 5.82 Å². The summed E-state index contributed by atoms with van der Waals surface area (Å²) in [7, 11) is 0. The first kappa shape index (κ1) is 15.0. The van der Waals surface area contributed by atoms with Gasteiger partial charge in [-0.15, -0.1) is 0 Å². The Balaban J connectivity index is 2.14. The van der Waals surface area contributed by atoms with Gasteiger partial charge in [-0.2, -0.15) is 5.26 Å². The molecule has 0 saturated carbocycles. The molecule has 4 nitrogen and oxygen atoms in total. The number of hydrogen-bond donors (Lipinski definition) is 1. The minimum absolute atomic E-state index is 0.383. The van der Waals surface area contributed by atoms with Crippen molar-refractivity contribution < 1.29 is 0 Å². The Bertz CT molecular complexity index is 961. The second kappa shape index (κ2) is 5.83. The number of nitrogens with zero attached hydrogens (tertiary/aromatic N) is 3. The third-order valence-corrected chi connectivity index (χ3v) is 5.17. The zero-order valence-corrected chi connectivity index (χ0v) is 14.3. The second-order valence-corrected chi connectivity index (χ2v) is 6.71. The molecule has 3 aromatic rings. The lowest BCUT2D eigenvalue weighted by Crippen LogP contribution is -2.20. The van der Waals surface area contributed by atoms with Crippen molar-refractivity contribution in [2.24, 2.45) is 0 Å². The molecule has 0 bridgehead atoms. The van der Waals surface area contributed by atoms with E-state index in [1.54, 1.807) is 0 Å². The monoisotopic (exact) mass is 318 g/mol. The number of benzene rings is 1. The number of imidazole rings is 1. The predicted molar refractivity (Wildman–Crippen MR) is 97.4 cm³/mol. The number of fused-ring (bicyclic) bond motifs is 4. The van der Waals surface area contributed by atoms with Crippen LogP contribution in [0.25, 0.3) is 16.7 Å². The van der Waals surface area contributed by atoms with Crippen LogP contribution in [-0.4, -0.2) is 15.4 Å². The molecule has 1 N–H and O–H groups in total. The van der Waals surface area contributed by atoms with Crippen LogP contribution in [0.2, 0.25) is 0 Å². The van der Waals surface area contributed by atoms with E-state index in [1.807, 2.05) is 18.2 Å². The van der Waals surface area contributed by atoms with E-state index in [1.165, 1.54) is 17.5 Å². The maximum Gasteiger partial charge on any atom is 0.157 e. The summed E-state index contributed by atoms with van der Waals surface area (Å²) in [6, 6.07) is 11.0. The van der Waals surface area contributed by atoms with Gasteiger partial charge in [0, 0.05) is 6.04 Å². The highest BCUT2D eigenvalue weighted by atomic mass is 15.1. The van der Waals surface area contributed by atoms with E-state index in [-0.39, 0.29) is 0 Å². The Hall–Kier alpha value is -2.54. The zero-order valence-electron chi connectivity index (χ0n) is 14.3. The van der Waals surface area contributed by atoms with Gasteiger partial charge >= 0.3 is 0 Å². The standard InChI is InChI=1S/C20H22N4/c1-3-13(2)22-19-15-9-5-4-8-14(15)16(12-21)20-23-17-10-6-7-11-18(17)24(19)20/h6-7,10-11,13,22H,3-5,8-9H2,1-2H3/t13-/m0/s1. The average Bonchev–Trinajstić information content (AvgIpc) is 3.00. The van der Waals surface area contributed by atoms with Crippen LogP contribution in [0.15, 0.2) is 24.3 Å². The number of nitriles is 1. The Morgan fingerprint density at radius 3 is 2.75 bits per heavy atom. The molecule has 0 unspecified atom stereocenters. The molecule has 2 aromatic heterocycles. The molecule has 122 valence electrons. The van der Waals surface area contributed by atoms with E-state index in [4.69, 9.17) is 4.98 Å². The highest BCUT2D eigenvalue weighted by molar-refractivity contribution is 5.86. The van der Waals surface area contributed by atoms with Crippen molar-refractivity contribution in [3.63, 3.8) is 0 Å². The number of para-hydroxylation sites is 2. The molecule has 1 aliphatic carbocycles. The zero-order chi connectivity index (χ0) is 16.7. The van der Waals surface area contributed by atoms with E-state index >= 15 is 0 Å². The first-order chi connectivity index (χ1) is 11.7. The van der Waals surface area contributed by atoms with Crippen LogP contribution >= 0.6 is 0 Å². The van der Waals surface area contributed by atoms with Crippen LogP contribution in [0, 0.1) is 11.3 Å². The number of pyridine rings is 1. The van der Waals surface area contributed by atoms with Gasteiger partial charge in [-0.25, -0.2) is 4.98 Å². The number of rotatable bonds is 3. The Labute approximate surface area is 142 Å². The summed E-state index contributed by atoms with van der Waals surface area (Å²) < 4.78 is 2.17. The largest absolute Gasteiger partial charge is 0.368 e. The topological polar surface area (TPSA) is 53.1 Å². The predicted octanol–water partition coefficient (Wildman–Crippen LogP) is 4.45. The highest BCUT2D eigenvalue weighted by Crippen LogP contribution is 2.35. The molecule has 0 amide bonds. The molecule has 1 atom stereocenters. The second-order valence-electron chi connectivity index (χ2n) is 6.71. The van der Waals surface area contributed by atoms with Gasteiger partial charge in [0.2, 0.25) is 0 Å². The maximum atomic E-state index is 9.81. The minimum Gasteiger partial charge on any atom is -0.368 e. The van der Waals surface area contributed by atoms with Gasteiger partial charge in [0.1, 0.15) is 11.9 Å².